The van der Waals surface area contributed by atoms with Gasteiger partial charge in [0, 0.05) is 24.5 Å². The van der Waals surface area contributed by atoms with Crippen LogP contribution in [0.3, 0.4) is 0 Å². The van der Waals surface area contributed by atoms with E-state index in [1.54, 1.807) is 0 Å². The number of alkyl carbamates (subject to hydrolysis) is 1. The Morgan fingerprint density at radius 2 is 2.04 bits per heavy atom. The molecular formula is C16H28ClN3O3. The highest BCUT2D eigenvalue weighted by Gasteiger charge is 2.37. The van der Waals surface area contributed by atoms with Gasteiger partial charge in [0.05, 0.1) is 13.7 Å². The third kappa shape index (κ3) is 4.51. The molecule has 0 spiro atoms. The number of alkyl halides is 1. The zero-order valence-corrected chi connectivity index (χ0v) is 15.0. The van der Waals surface area contributed by atoms with E-state index in [0.29, 0.717) is 13.0 Å². The Labute approximate surface area is 143 Å². The number of hydrogen-bond donors (Lipinski definition) is 1. The van der Waals surface area contributed by atoms with Gasteiger partial charge in [-0.3, -0.25) is 9.69 Å². The maximum absolute atomic E-state index is 12.9. The van der Waals surface area contributed by atoms with Crippen molar-refractivity contribution >= 4 is 23.6 Å². The van der Waals surface area contributed by atoms with E-state index in [1.165, 1.54) is 7.11 Å². The minimum atomic E-state index is -0.422. The van der Waals surface area contributed by atoms with Crippen molar-refractivity contribution in [2.75, 3.05) is 26.7 Å². The number of nitrogens with one attached hydrogen (secondary N) is 1. The molecular weight excluding hydrogens is 318 g/mol. The number of rotatable bonds is 3. The molecule has 2 amide bonds. The van der Waals surface area contributed by atoms with Gasteiger partial charge < -0.3 is 15.0 Å². The van der Waals surface area contributed by atoms with E-state index in [4.69, 9.17) is 11.6 Å². The van der Waals surface area contributed by atoms with Gasteiger partial charge in [0.2, 0.25) is 5.91 Å². The van der Waals surface area contributed by atoms with Crippen LogP contribution in [-0.2, 0) is 9.53 Å². The van der Waals surface area contributed by atoms with E-state index >= 15 is 0 Å². The van der Waals surface area contributed by atoms with Crippen molar-refractivity contribution in [3.8, 4) is 0 Å². The van der Waals surface area contributed by atoms with E-state index < -0.39 is 6.09 Å². The van der Waals surface area contributed by atoms with Crippen LogP contribution >= 0.6 is 11.6 Å². The van der Waals surface area contributed by atoms with Crippen LogP contribution in [0.1, 0.15) is 39.5 Å². The largest absolute Gasteiger partial charge is 0.453 e. The van der Waals surface area contributed by atoms with Gasteiger partial charge in [-0.1, -0.05) is 13.3 Å². The lowest BCUT2D eigenvalue weighted by Crippen LogP contribution is -2.58. The van der Waals surface area contributed by atoms with Gasteiger partial charge in [-0.2, -0.15) is 0 Å². The minimum absolute atomic E-state index is 0.0178. The number of carbonyl (C=O) groups excluding carboxylic acids is 2. The first-order chi connectivity index (χ1) is 11.0. The summed E-state index contributed by atoms with van der Waals surface area (Å²) in [5.41, 5.74) is -0.118. The summed E-state index contributed by atoms with van der Waals surface area (Å²) < 4.78 is 4.65. The molecule has 6 nitrogen and oxygen atoms in total. The maximum Gasteiger partial charge on any atom is 0.407 e. The fraction of sp³-hybridized carbons (Fsp3) is 0.875. The number of likely N-dealkylation sites (N-methyl/N-ethyl adjacent to an activating group) is 1. The fourth-order valence-electron chi connectivity index (χ4n) is 3.65. The molecule has 1 N–H and O–H groups in total. The van der Waals surface area contributed by atoms with Crippen LogP contribution in [-0.4, -0.2) is 66.1 Å². The Morgan fingerprint density at radius 1 is 1.30 bits per heavy atom. The number of halogens is 1. The van der Waals surface area contributed by atoms with Crippen LogP contribution in [0.4, 0.5) is 4.79 Å². The Morgan fingerprint density at radius 3 is 2.70 bits per heavy atom. The number of nitrogens with zero attached hydrogens (tertiary/aromatic N) is 2. The van der Waals surface area contributed by atoms with Crippen LogP contribution < -0.4 is 5.32 Å². The van der Waals surface area contributed by atoms with Crippen LogP contribution in [0.5, 0.6) is 0 Å². The van der Waals surface area contributed by atoms with Gasteiger partial charge in [0.25, 0.3) is 0 Å². The summed E-state index contributed by atoms with van der Waals surface area (Å²) >= 11 is 6.40. The molecule has 7 heteroatoms. The average molecular weight is 346 g/mol. The molecule has 0 bridgehead atoms. The number of piperazine rings is 1. The lowest BCUT2D eigenvalue weighted by molar-refractivity contribution is -0.142. The number of hydrogen-bond acceptors (Lipinski definition) is 4. The summed E-state index contributed by atoms with van der Waals surface area (Å²) in [6, 6.07) is 0.190. The molecule has 2 rings (SSSR count). The van der Waals surface area contributed by atoms with Gasteiger partial charge in [-0.05, 0) is 32.7 Å². The molecule has 3 unspecified atom stereocenters. The monoisotopic (exact) mass is 345 g/mol. The molecule has 4 atom stereocenters. The van der Waals surface area contributed by atoms with E-state index in [0.717, 1.165) is 32.4 Å². The first-order valence-corrected chi connectivity index (χ1v) is 8.93. The van der Waals surface area contributed by atoms with Gasteiger partial charge >= 0.3 is 6.09 Å². The van der Waals surface area contributed by atoms with Crippen molar-refractivity contribution in [1.82, 2.24) is 15.1 Å². The molecule has 132 valence electrons. The molecule has 1 aliphatic heterocycles. The van der Waals surface area contributed by atoms with E-state index in [1.807, 2.05) is 4.90 Å². The number of amides is 2. The summed E-state index contributed by atoms with van der Waals surface area (Å²) in [5.74, 6) is 0.140. The van der Waals surface area contributed by atoms with Crippen LogP contribution in [0.2, 0.25) is 0 Å². The molecule has 0 aromatic rings. The highest BCUT2D eigenvalue weighted by atomic mass is 35.5. The molecule has 0 aromatic heterocycles. The predicted octanol–water partition coefficient (Wildman–Crippen LogP) is 2.02. The standard InChI is InChI=1S/C16H28ClN3O3/c1-4-19-9-11(2)20(10-14(19)17)15(21)12-6-5-7-13(8-12)18-16(22)23-3/h11-14H,4-10H2,1-3H3,(H,18,22)/t11-,12?,13?,14?/m1/s1. The van der Waals surface area contributed by atoms with Crippen molar-refractivity contribution in [3.63, 3.8) is 0 Å². The Bertz CT molecular complexity index is 435. The molecule has 1 heterocycles. The first-order valence-electron chi connectivity index (χ1n) is 8.49. The third-order valence-electron chi connectivity index (χ3n) is 4.99. The predicted molar refractivity (Wildman–Crippen MR) is 89.3 cm³/mol. The second-order valence-corrected chi connectivity index (χ2v) is 7.06. The first kappa shape index (κ1) is 18.3. The molecule has 2 fully saturated rings. The van der Waals surface area contributed by atoms with Gasteiger partial charge in [-0.15, -0.1) is 11.6 Å². The van der Waals surface area contributed by atoms with Crippen LogP contribution in [0.15, 0.2) is 0 Å². The van der Waals surface area contributed by atoms with Crippen LogP contribution in [0.25, 0.3) is 0 Å². The van der Waals surface area contributed by atoms with E-state index in [2.05, 4.69) is 28.8 Å². The quantitative estimate of drug-likeness (QED) is 0.628. The number of ether oxygens (including phenoxy) is 1. The summed E-state index contributed by atoms with van der Waals surface area (Å²) in [7, 11) is 1.36. The van der Waals surface area contributed by atoms with Crippen molar-refractivity contribution in [1.29, 1.82) is 0 Å². The normalized spacial score (nSPS) is 32.4. The topological polar surface area (TPSA) is 61.9 Å². The number of methoxy groups -OCH3 is 1. The average Bonchev–Trinajstić information content (AvgIpc) is 2.56. The molecule has 0 aromatic carbocycles. The highest BCUT2D eigenvalue weighted by molar-refractivity contribution is 6.20. The fourth-order valence-corrected chi connectivity index (χ4v) is 4.02. The molecule has 0 radical (unpaired) electrons. The Kier molecular flexibility index (Phi) is 6.53. The zero-order valence-electron chi connectivity index (χ0n) is 14.3. The second kappa shape index (κ2) is 8.20. The minimum Gasteiger partial charge on any atom is -0.453 e. The van der Waals surface area contributed by atoms with Crippen molar-refractivity contribution < 1.29 is 14.3 Å². The molecule has 1 saturated heterocycles. The lowest BCUT2D eigenvalue weighted by atomic mass is 9.84. The lowest BCUT2D eigenvalue weighted by Gasteiger charge is -2.44. The summed E-state index contributed by atoms with van der Waals surface area (Å²) in [5, 5.41) is 2.83. The molecule has 1 saturated carbocycles. The van der Waals surface area contributed by atoms with Gasteiger partial charge in [0.1, 0.15) is 5.50 Å². The summed E-state index contributed by atoms with van der Waals surface area (Å²) in [6.07, 6.45) is 2.98. The van der Waals surface area contributed by atoms with Crippen molar-refractivity contribution in [3.05, 3.63) is 0 Å². The van der Waals surface area contributed by atoms with E-state index in [9.17, 15) is 9.59 Å². The van der Waals surface area contributed by atoms with Gasteiger partial charge in [-0.25, -0.2) is 4.79 Å². The summed E-state index contributed by atoms with van der Waals surface area (Å²) in [6.45, 7) is 6.45. The third-order valence-corrected chi connectivity index (χ3v) is 5.41. The molecule has 1 aliphatic carbocycles. The second-order valence-electron chi connectivity index (χ2n) is 6.56. The smallest absolute Gasteiger partial charge is 0.407 e. The van der Waals surface area contributed by atoms with Crippen molar-refractivity contribution in [2.45, 2.75) is 57.1 Å². The SMILES string of the molecule is CCN1C[C@@H](C)N(C(=O)C2CCCC(NC(=O)OC)C2)CC1Cl. The molecule has 23 heavy (non-hydrogen) atoms. The van der Waals surface area contributed by atoms with Gasteiger partial charge in [0.15, 0.2) is 0 Å². The van der Waals surface area contributed by atoms with E-state index in [-0.39, 0.29) is 29.4 Å². The maximum atomic E-state index is 12.9. The Hall–Kier alpha value is -1.01. The zero-order chi connectivity index (χ0) is 17.0. The van der Waals surface area contributed by atoms with Crippen LogP contribution in [0, 0.1) is 5.92 Å². The Balaban J connectivity index is 1.95. The number of carbonyl (C=O) groups is 2. The summed E-state index contributed by atoms with van der Waals surface area (Å²) in [4.78, 5) is 28.4. The highest BCUT2D eigenvalue weighted by Crippen LogP contribution is 2.28. The van der Waals surface area contributed by atoms with Crippen molar-refractivity contribution in [2.24, 2.45) is 5.92 Å². The molecule has 2 aliphatic rings.